The molecule has 0 N–H and O–H groups in total. The molecule has 0 aromatic carbocycles. The molecule has 0 spiro atoms. The van der Waals surface area contributed by atoms with Gasteiger partial charge < -0.3 is 0 Å². The highest BCUT2D eigenvalue weighted by atomic mass is 14.9. The molecule has 0 aromatic rings. The molecule has 0 saturated carbocycles. The van der Waals surface area contributed by atoms with Crippen molar-refractivity contribution in [1.29, 1.82) is 0 Å². The van der Waals surface area contributed by atoms with Crippen LogP contribution in [0.3, 0.4) is 0 Å². The van der Waals surface area contributed by atoms with Crippen molar-refractivity contribution in [2.24, 2.45) is 9.98 Å². The van der Waals surface area contributed by atoms with E-state index >= 15 is 0 Å². The summed E-state index contributed by atoms with van der Waals surface area (Å²) in [7, 11) is 0. The quantitative estimate of drug-likeness (QED) is 0.441. The molecule has 0 radical (unpaired) electrons. The maximum atomic E-state index is 3.74. The second-order valence-corrected chi connectivity index (χ2v) is 0.806. The number of hydrogen-bond acceptors (Lipinski definition) is 2. The molecule has 0 heterocycles. The highest BCUT2D eigenvalue weighted by Gasteiger charge is 1.56. The SMILES string of the molecule is C=NC/N=C\C. The van der Waals surface area contributed by atoms with Crippen LogP contribution in [0, 0.1) is 0 Å². The van der Waals surface area contributed by atoms with Crippen molar-refractivity contribution in [3.05, 3.63) is 0 Å². The number of hydrogen-bond donors (Lipinski definition) is 0. The van der Waals surface area contributed by atoms with Gasteiger partial charge in [-0.15, -0.1) is 0 Å². The second-order valence-electron chi connectivity index (χ2n) is 0.806. The minimum absolute atomic E-state index is 0.497. The van der Waals surface area contributed by atoms with Gasteiger partial charge in [0.1, 0.15) is 6.67 Å². The molecule has 0 saturated heterocycles. The molecule has 0 atom stereocenters. The average Bonchev–Trinajstić information content (AvgIpc) is 1.61. The van der Waals surface area contributed by atoms with E-state index in [9.17, 15) is 0 Å². The Bertz CT molecular complexity index is 56.6. The fraction of sp³-hybridized carbons (Fsp3) is 0.500. The first-order valence-electron chi connectivity index (χ1n) is 1.78. The molecule has 0 aliphatic heterocycles. The molecule has 6 heavy (non-hydrogen) atoms. The predicted octanol–water partition coefficient (Wildman–Crippen LogP) is 0.735. The molecular formula is C4H8N2. The Morgan fingerprint density at radius 2 is 2.50 bits per heavy atom. The third-order valence-electron chi connectivity index (χ3n) is 0.364. The van der Waals surface area contributed by atoms with Gasteiger partial charge in [0, 0.05) is 0 Å². The molecule has 0 aliphatic carbocycles. The first kappa shape index (κ1) is 5.34. The Hall–Kier alpha value is -0.660. The van der Waals surface area contributed by atoms with E-state index in [0.29, 0.717) is 6.67 Å². The van der Waals surface area contributed by atoms with E-state index < -0.39 is 0 Å². The molecule has 2 heteroatoms. The predicted molar refractivity (Wildman–Crippen MR) is 28.6 cm³/mol. The van der Waals surface area contributed by atoms with E-state index in [4.69, 9.17) is 0 Å². The molecular weight excluding hydrogens is 76.1 g/mol. The van der Waals surface area contributed by atoms with Crippen LogP contribution >= 0.6 is 0 Å². The molecule has 0 amide bonds. The van der Waals surface area contributed by atoms with Crippen molar-refractivity contribution in [3.8, 4) is 0 Å². The van der Waals surface area contributed by atoms with Crippen LogP contribution in [0.2, 0.25) is 0 Å². The van der Waals surface area contributed by atoms with Crippen LogP contribution < -0.4 is 0 Å². The average molecular weight is 84.1 g/mol. The number of nitrogens with zero attached hydrogens (tertiary/aromatic N) is 2. The van der Waals surface area contributed by atoms with Crippen LogP contribution in [0.5, 0.6) is 0 Å². The monoisotopic (exact) mass is 84.1 g/mol. The van der Waals surface area contributed by atoms with Gasteiger partial charge in [-0.05, 0) is 19.9 Å². The van der Waals surface area contributed by atoms with Gasteiger partial charge in [0.2, 0.25) is 0 Å². The molecule has 0 aliphatic rings. The van der Waals surface area contributed by atoms with Crippen LogP contribution in [-0.2, 0) is 0 Å². The van der Waals surface area contributed by atoms with Gasteiger partial charge in [-0.1, -0.05) is 0 Å². The summed E-state index contributed by atoms with van der Waals surface area (Å²) in [5, 5.41) is 0. The molecule has 0 bridgehead atoms. The summed E-state index contributed by atoms with van der Waals surface area (Å²) in [6.07, 6.45) is 1.70. The van der Waals surface area contributed by atoms with Crippen LogP contribution in [-0.4, -0.2) is 19.6 Å². The van der Waals surface area contributed by atoms with Gasteiger partial charge in [-0.2, -0.15) is 0 Å². The fourth-order valence-electron chi connectivity index (χ4n) is 0.139. The Morgan fingerprint density at radius 1 is 1.83 bits per heavy atom. The summed E-state index contributed by atoms with van der Waals surface area (Å²) < 4.78 is 0. The van der Waals surface area contributed by atoms with Crippen molar-refractivity contribution in [2.75, 3.05) is 6.67 Å². The first-order chi connectivity index (χ1) is 2.91. The summed E-state index contributed by atoms with van der Waals surface area (Å²) >= 11 is 0. The minimum Gasteiger partial charge on any atom is -0.278 e. The normalized spacial score (nSPS) is 9.50. The summed E-state index contributed by atoms with van der Waals surface area (Å²) in [5.74, 6) is 0. The Balaban J connectivity index is 2.85. The summed E-state index contributed by atoms with van der Waals surface area (Å²) in [4.78, 5) is 7.21. The first-order valence-corrected chi connectivity index (χ1v) is 1.78. The zero-order valence-electron chi connectivity index (χ0n) is 3.89. The standard InChI is InChI=1S/C4H8N2/c1-3-6-4-5-2/h3H,2,4H2,1H3/b6-3-. The van der Waals surface area contributed by atoms with Gasteiger partial charge in [0.15, 0.2) is 0 Å². The van der Waals surface area contributed by atoms with Crippen molar-refractivity contribution in [2.45, 2.75) is 6.92 Å². The van der Waals surface area contributed by atoms with E-state index in [1.165, 1.54) is 0 Å². The zero-order valence-corrected chi connectivity index (χ0v) is 3.89. The Labute approximate surface area is 37.6 Å². The van der Waals surface area contributed by atoms with Crippen molar-refractivity contribution in [1.82, 2.24) is 0 Å². The highest BCUT2D eigenvalue weighted by molar-refractivity contribution is 5.53. The topological polar surface area (TPSA) is 24.7 Å². The van der Waals surface area contributed by atoms with E-state index in [-0.39, 0.29) is 0 Å². The van der Waals surface area contributed by atoms with Gasteiger partial charge >= 0.3 is 0 Å². The number of rotatable bonds is 2. The molecule has 34 valence electrons. The third-order valence-corrected chi connectivity index (χ3v) is 0.364. The Kier molecular flexibility index (Phi) is 3.86. The Morgan fingerprint density at radius 3 is 2.67 bits per heavy atom. The van der Waals surface area contributed by atoms with Gasteiger partial charge in [0.05, 0.1) is 0 Å². The van der Waals surface area contributed by atoms with E-state index in [0.717, 1.165) is 0 Å². The molecule has 2 nitrogen and oxygen atoms in total. The molecule has 0 fully saturated rings. The van der Waals surface area contributed by atoms with Gasteiger partial charge in [-0.3, -0.25) is 9.98 Å². The lowest BCUT2D eigenvalue weighted by molar-refractivity contribution is 1.09. The van der Waals surface area contributed by atoms with Crippen molar-refractivity contribution < 1.29 is 0 Å². The van der Waals surface area contributed by atoms with E-state index in [2.05, 4.69) is 16.7 Å². The molecule has 0 rings (SSSR count). The largest absolute Gasteiger partial charge is 0.278 e. The van der Waals surface area contributed by atoms with Crippen LogP contribution in [0.15, 0.2) is 9.98 Å². The number of aliphatic imine (C=N–C) groups is 2. The molecule has 0 aromatic heterocycles. The smallest absolute Gasteiger partial charge is 0.128 e. The maximum absolute atomic E-state index is 3.74. The lowest BCUT2D eigenvalue weighted by Crippen LogP contribution is -1.67. The van der Waals surface area contributed by atoms with Crippen LogP contribution in [0.4, 0.5) is 0 Å². The van der Waals surface area contributed by atoms with E-state index in [1.807, 2.05) is 6.92 Å². The second kappa shape index (κ2) is 4.34. The summed E-state index contributed by atoms with van der Waals surface area (Å²) in [6.45, 7) is 5.58. The van der Waals surface area contributed by atoms with Crippen molar-refractivity contribution in [3.63, 3.8) is 0 Å². The third kappa shape index (κ3) is 3.34. The fourth-order valence-corrected chi connectivity index (χ4v) is 0.139. The van der Waals surface area contributed by atoms with Gasteiger partial charge in [-0.25, -0.2) is 0 Å². The van der Waals surface area contributed by atoms with Crippen LogP contribution in [0.1, 0.15) is 6.92 Å². The maximum Gasteiger partial charge on any atom is 0.128 e. The lowest BCUT2D eigenvalue weighted by atomic mass is 10.9. The van der Waals surface area contributed by atoms with Crippen LogP contribution in [0.25, 0.3) is 0 Å². The van der Waals surface area contributed by atoms with Gasteiger partial charge in [0.25, 0.3) is 0 Å². The lowest BCUT2D eigenvalue weighted by Gasteiger charge is -1.73. The zero-order chi connectivity index (χ0) is 4.83. The highest BCUT2D eigenvalue weighted by Crippen LogP contribution is 1.62. The minimum atomic E-state index is 0.497. The van der Waals surface area contributed by atoms with Crippen molar-refractivity contribution >= 4 is 12.9 Å². The summed E-state index contributed by atoms with van der Waals surface area (Å²) in [5.41, 5.74) is 0. The van der Waals surface area contributed by atoms with E-state index in [1.54, 1.807) is 6.21 Å². The summed E-state index contributed by atoms with van der Waals surface area (Å²) in [6, 6.07) is 0. The molecule has 0 unspecified atom stereocenters.